The van der Waals surface area contributed by atoms with Crippen molar-refractivity contribution in [1.29, 1.82) is 0 Å². The molecule has 21 heavy (non-hydrogen) atoms. The summed E-state index contributed by atoms with van der Waals surface area (Å²) in [6, 6.07) is 0.632. The zero-order chi connectivity index (χ0) is 14.7. The molecular formula is C16H28N4O. The van der Waals surface area contributed by atoms with E-state index in [1.165, 1.54) is 58.2 Å². The Bertz CT molecular complexity index is 441. The third-order valence-corrected chi connectivity index (χ3v) is 5.07. The van der Waals surface area contributed by atoms with Crippen molar-refractivity contribution < 1.29 is 4.52 Å². The number of likely N-dealkylation sites (tertiary alicyclic amines) is 1. The zero-order valence-electron chi connectivity index (χ0n) is 13.4. The van der Waals surface area contributed by atoms with Crippen molar-refractivity contribution in [3.05, 3.63) is 11.7 Å². The Hall–Kier alpha value is -0.940. The minimum absolute atomic E-state index is 0.632. The highest BCUT2D eigenvalue weighted by molar-refractivity contribution is 4.88. The molecular weight excluding hydrogens is 264 g/mol. The molecule has 1 aliphatic carbocycles. The molecule has 3 rings (SSSR count). The minimum Gasteiger partial charge on any atom is -0.340 e. The third-order valence-electron chi connectivity index (χ3n) is 5.07. The van der Waals surface area contributed by atoms with Crippen LogP contribution in [-0.2, 0) is 6.54 Å². The van der Waals surface area contributed by atoms with Crippen molar-refractivity contribution >= 4 is 0 Å². The second-order valence-corrected chi connectivity index (χ2v) is 6.85. The lowest BCUT2D eigenvalue weighted by Gasteiger charge is -2.28. The van der Waals surface area contributed by atoms with Crippen molar-refractivity contribution in [2.75, 3.05) is 26.7 Å². The molecule has 1 saturated carbocycles. The maximum Gasteiger partial charge on any atom is 0.223 e. The summed E-state index contributed by atoms with van der Waals surface area (Å²) in [5.41, 5.74) is 0. The van der Waals surface area contributed by atoms with E-state index in [0.29, 0.717) is 11.9 Å². The molecule has 0 bridgehead atoms. The van der Waals surface area contributed by atoms with Gasteiger partial charge < -0.3 is 9.42 Å². The van der Waals surface area contributed by atoms with Gasteiger partial charge >= 0.3 is 0 Å². The Balaban J connectivity index is 1.44. The molecule has 2 aliphatic rings. The molecule has 118 valence electrons. The second kappa shape index (κ2) is 6.88. The van der Waals surface area contributed by atoms with E-state index in [1.54, 1.807) is 0 Å². The Labute approximate surface area is 127 Å². The van der Waals surface area contributed by atoms with Crippen LogP contribution in [0.3, 0.4) is 0 Å². The van der Waals surface area contributed by atoms with Crippen molar-refractivity contribution in [3.8, 4) is 0 Å². The van der Waals surface area contributed by atoms with Crippen molar-refractivity contribution in [3.63, 3.8) is 0 Å². The highest BCUT2D eigenvalue weighted by Gasteiger charge is 2.28. The molecule has 5 heteroatoms. The highest BCUT2D eigenvalue weighted by atomic mass is 16.5. The van der Waals surface area contributed by atoms with E-state index in [4.69, 9.17) is 4.52 Å². The van der Waals surface area contributed by atoms with Gasteiger partial charge in [-0.1, -0.05) is 24.4 Å². The molecule has 0 radical (unpaired) electrons. The topological polar surface area (TPSA) is 45.4 Å². The van der Waals surface area contributed by atoms with E-state index in [0.717, 1.165) is 18.3 Å². The first-order chi connectivity index (χ1) is 10.2. The summed E-state index contributed by atoms with van der Waals surface area (Å²) in [5, 5.41) is 4.00. The standard InChI is InChI=1S/C16H28N4O/c1-13-17-16(18-21-13)12-19(2)15-8-9-20(11-15)10-14-6-4-3-5-7-14/h14-15H,3-12H2,1-2H3/t15-/m0/s1. The summed E-state index contributed by atoms with van der Waals surface area (Å²) >= 11 is 0. The summed E-state index contributed by atoms with van der Waals surface area (Å²) in [4.78, 5) is 9.35. The van der Waals surface area contributed by atoms with Crippen molar-refractivity contribution in [1.82, 2.24) is 19.9 Å². The SMILES string of the molecule is Cc1nc(CN(C)[C@H]2CCN(CC3CCCCC3)C2)no1. The number of hydrogen-bond donors (Lipinski definition) is 0. The molecule has 2 heterocycles. The van der Waals surface area contributed by atoms with E-state index >= 15 is 0 Å². The third kappa shape index (κ3) is 4.04. The first-order valence-corrected chi connectivity index (χ1v) is 8.42. The van der Waals surface area contributed by atoms with Gasteiger partial charge in [0, 0.05) is 26.1 Å². The lowest BCUT2D eigenvalue weighted by atomic mass is 9.89. The van der Waals surface area contributed by atoms with Gasteiger partial charge in [-0.2, -0.15) is 4.98 Å². The Morgan fingerprint density at radius 3 is 2.76 bits per heavy atom. The number of aromatic nitrogens is 2. The lowest BCUT2D eigenvalue weighted by molar-refractivity contribution is 0.195. The summed E-state index contributed by atoms with van der Waals surface area (Å²) in [7, 11) is 2.18. The molecule has 1 aromatic heterocycles. The maximum atomic E-state index is 5.05. The van der Waals surface area contributed by atoms with Crippen LogP contribution in [0.25, 0.3) is 0 Å². The second-order valence-electron chi connectivity index (χ2n) is 6.85. The fourth-order valence-corrected chi connectivity index (χ4v) is 3.83. The van der Waals surface area contributed by atoms with Crippen LogP contribution >= 0.6 is 0 Å². The Morgan fingerprint density at radius 2 is 2.05 bits per heavy atom. The first kappa shape index (κ1) is 15.0. The fourth-order valence-electron chi connectivity index (χ4n) is 3.83. The van der Waals surface area contributed by atoms with Crippen molar-refractivity contribution in [2.45, 2.75) is 58.0 Å². The zero-order valence-corrected chi connectivity index (χ0v) is 13.4. The smallest absolute Gasteiger partial charge is 0.223 e. The molecule has 0 spiro atoms. The first-order valence-electron chi connectivity index (χ1n) is 8.42. The van der Waals surface area contributed by atoms with E-state index in [1.807, 2.05) is 6.92 Å². The molecule has 1 saturated heterocycles. The van der Waals surface area contributed by atoms with Gasteiger partial charge in [-0.05, 0) is 38.8 Å². The summed E-state index contributed by atoms with van der Waals surface area (Å²) in [5.74, 6) is 2.41. The average Bonchev–Trinajstić information content (AvgIpc) is 3.09. The Kier molecular flexibility index (Phi) is 4.91. The van der Waals surface area contributed by atoms with Crippen LogP contribution in [-0.4, -0.2) is 52.7 Å². The molecule has 1 aliphatic heterocycles. The number of nitrogens with zero attached hydrogens (tertiary/aromatic N) is 4. The average molecular weight is 292 g/mol. The summed E-state index contributed by atoms with van der Waals surface area (Å²) in [6.07, 6.45) is 8.49. The van der Waals surface area contributed by atoms with Crippen LogP contribution < -0.4 is 0 Å². The normalized spacial score (nSPS) is 25.0. The van der Waals surface area contributed by atoms with Crippen LogP contribution in [0.15, 0.2) is 4.52 Å². The van der Waals surface area contributed by atoms with E-state index < -0.39 is 0 Å². The molecule has 2 fully saturated rings. The molecule has 5 nitrogen and oxygen atoms in total. The fraction of sp³-hybridized carbons (Fsp3) is 0.875. The monoisotopic (exact) mass is 292 g/mol. The van der Waals surface area contributed by atoms with Gasteiger partial charge in [-0.15, -0.1) is 0 Å². The molecule has 0 unspecified atom stereocenters. The quantitative estimate of drug-likeness (QED) is 0.834. The largest absolute Gasteiger partial charge is 0.340 e. The van der Waals surface area contributed by atoms with E-state index in [-0.39, 0.29) is 0 Å². The molecule has 1 aromatic rings. The predicted octanol–water partition coefficient (Wildman–Crippen LogP) is 2.46. The van der Waals surface area contributed by atoms with E-state index in [2.05, 4.69) is 27.0 Å². The van der Waals surface area contributed by atoms with Crippen LogP contribution in [0.4, 0.5) is 0 Å². The van der Waals surface area contributed by atoms with E-state index in [9.17, 15) is 0 Å². The summed E-state index contributed by atoms with van der Waals surface area (Å²) in [6.45, 7) is 6.39. The number of likely N-dealkylation sites (N-methyl/N-ethyl adjacent to an activating group) is 1. The molecule has 0 amide bonds. The van der Waals surface area contributed by atoms with Crippen LogP contribution in [0.1, 0.15) is 50.2 Å². The maximum absolute atomic E-state index is 5.05. The molecule has 0 N–H and O–H groups in total. The number of hydrogen-bond acceptors (Lipinski definition) is 5. The van der Waals surface area contributed by atoms with Gasteiger partial charge in [0.1, 0.15) is 0 Å². The van der Waals surface area contributed by atoms with Gasteiger partial charge in [0.25, 0.3) is 0 Å². The van der Waals surface area contributed by atoms with Gasteiger partial charge in [-0.3, -0.25) is 4.90 Å². The Morgan fingerprint density at radius 1 is 1.24 bits per heavy atom. The van der Waals surface area contributed by atoms with Crippen LogP contribution in [0, 0.1) is 12.8 Å². The van der Waals surface area contributed by atoms with Crippen molar-refractivity contribution in [2.24, 2.45) is 5.92 Å². The minimum atomic E-state index is 0.632. The van der Waals surface area contributed by atoms with Gasteiger partial charge in [-0.25, -0.2) is 0 Å². The van der Waals surface area contributed by atoms with Crippen LogP contribution in [0.5, 0.6) is 0 Å². The molecule has 1 atom stereocenters. The lowest BCUT2D eigenvalue weighted by Crippen LogP contribution is -2.36. The van der Waals surface area contributed by atoms with Gasteiger partial charge in [0.15, 0.2) is 5.82 Å². The number of aryl methyl sites for hydroxylation is 1. The van der Waals surface area contributed by atoms with Gasteiger partial charge in [0.05, 0.1) is 6.54 Å². The van der Waals surface area contributed by atoms with Crippen LogP contribution in [0.2, 0.25) is 0 Å². The van der Waals surface area contributed by atoms with Gasteiger partial charge in [0.2, 0.25) is 5.89 Å². The molecule has 0 aromatic carbocycles. The number of rotatable bonds is 5. The summed E-state index contributed by atoms with van der Waals surface area (Å²) < 4.78 is 5.05. The predicted molar refractivity (Wildman–Crippen MR) is 81.9 cm³/mol. The highest BCUT2D eigenvalue weighted by Crippen LogP contribution is 2.26.